The molecule has 1 aliphatic rings. The van der Waals surface area contributed by atoms with Crippen LogP contribution in [0.5, 0.6) is 0 Å². The van der Waals surface area contributed by atoms with E-state index in [9.17, 15) is 9.18 Å². The number of benzene rings is 2. The fourth-order valence-electron chi connectivity index (χ4n) is 3.50. The van der Waals surface area contributed by atoms with Crippen LogP contribution in [-0.2, 0) is 4.74 Å². The molecule has 0 spiro atoms. The zero-order chi connectivity index (χ0) is 23.9. The minimum absolute atomic E-state index is 0.213. The van der Waals surface area contributed by atoms with E-state index in [1.807, 2.05) is 18.3 Å². The number of ether oxygens (including phenoxy) is 1. The third kappa shape index (κ3) is 5.65. The molecular weight excluding hydrogens is 457 g/mol. The summed E-state index contributed by atoms with van der Waals surface area (Å²) in [5, 5.41) is 3.53. The number of methoxy groups -OCH3 is 1. The highest BCUT2D eigenvalue weighted by molar-refractivity contribution is 6.32. The Morgan fingerprint density at radius 2 is 1.79 bits per heavy atom. The molecule has 0 amide bonds. The summed E-state index contributed by atoms with van der Waals surface area (Å²) in [5.41, 5.74) is 2.51. The minimum Gasteiger partial charge on any atom is -0.465 e. The molecule has 3 heterocycles. The lowest BCUT2D eigenvalue weighted by atomic mass is 10.1. The van der Waals surface area contributed by atoms with Gasteiger partial charge >= 0.3 is 5.97 Å². The SMILES string of the molecule is COC(=O)c1ccc2nc(Cl)c(-c3ccc(F)cc3)nc2c1.c1ccc(N2CCNCC2)nc1. The number of aromatic nitrogens is 3. The van der Waals surface area contributed by atoms with Crippen molar-refractivity contribution in [2.45, 2.75) is 0 Å². The van der Waals surface area contributed by atoms with Crippen LogP contribution < -0.4 is 10.2 Å². The van der Waals surface area contributed by atoms with E-state index in [0.717, 1.165) is 32.0 Å². The van der Waals surface area contributed by atoms with Gasteiger partial charge in [0.2, 0.25) is 0 Å². The van der Waals surface area contributed by atoms with Gasteiger partial charge in [-0.1, -0.05) is 17.7 Å². The molecular formula is C25H23ClFN5O2. The fraction of sp³-hybridized carbons (Fsp3) is 0.200. The van der Waals surface area contributed by atoms with E-state index in [1.54, 1.807) is 30.3 Å². The van der Waals surface area contributed by atoms with Gasteiger partial charge in [-0.25, -0.2) is 24.1 Å². The summed E-state index contributed by atoms with van der Waals surface area (Å²) in [5.74, 6) is 0.294. The number of nitrogens with zero attached hydrogens (tertiary/aromatic N) is 4. The van der Waals surface area contributed by atoms with Gasteiger partial charge in [-0.15, -0.1) is 0 Å². The van der Waals surface area contributed by atoms with Crippen LogP contribution in [0.2, 0.25) is 5.15 Å². The Kier molecular flexibility index (Phi) is 7.61. The van der Waals surface area contributed by atoms with Crippen molar-refractivity contribution < 1.29 is 13.9 Å². The number of pyridine rings is 1. The van der Waals surface area contributed by atoms with E-state index in [0.29, 0.717) is 27.9 Å². The van der Waals surface area contributed by atoms with Crippen LogP contribution in [0.15, 0.2) is 66.9 Å². The Morgan fingerprint density at radius 1 is 1.03 bits per heavy atom. The first-order valence-electron chi connectivity index (χ1n) is 10.7. The maximum atomic E-state index is 13.0. The van der Waals surface area contributed by atoms with Crippen molar-refractivity contribution in [3.63, 3.8) is 0 Å². The number of piperazine rings is 1. The number of hydrogen-bond acceptors (Lipinski definition) is 7. The number of halogens is 2. The standard InChI is InChI=1S/C16H10ClFN2O2.C9H13N3/c1-22-16(21)10-4-7-12-13(8-10)19-14(15(17)20-12)9-2-5-11(18)6-3-9;1-2-4-11-9(3-1)12-7-5-10-6-8-12/h2-8H,1H3;1-4,10H,5-8H2. The average Bonchev–Trinajstić information content (AvgIpc) is 2.89. The summed E-state index contributed by atoms with van der Waals surface area (Å²) in [6.07, 6.45) is 1.84. The van der Waals surface area contributed by atoms with E-state index in [-0.39, 0.29) is 11.0 Å². The van der Waals surface area contributed by atoms with Crippen molar-refractivity contribution in [1.29, 1.82) is 0 Å². The van der Waals surface area contributed by atoms with Crippen molar-refractivity contribution >= 4 is 34.4 Å². The smallest absolute Gasteiger partial charge is 0.337 e. The highest BCUT2D eigenvalue weighted by Gasteiger charge is 2.12. The van der Waals surface area contributed by atoms with Gasteiger partial charge in [0.1, 0.15) is 17.3 Å². The summed E-state index contributed by atoms with van der Waals surface area (Å²) in [7, 11) is 1.31. The number of carbonyl (C=O) groups excluding carboxylic acids is 1. The highest BCUT2D eigenvalue weighted by atomic mass is 35.5. The highest BCUT2D eigenvalue weighted by Crippen LogP contribution is 2.27. The molecule has 1 fully saturated rings. The summed E-state index contributed by atoms with van der Waals surface area (Å²) in [6, 6.07) is 16.7. The third-order valence-electron chi connectivity index (χ3n) is 5.25. The zero-order valence-corrected chi connectivity index (χ0v) is 19.3. The largest absolute Gasteiger partial charge is 0.465 e. The fourth-order valence-corrected chi connectivity index (χ4v) is 3.75. The summed E-state index contributed by atoms with van der Waals surface area (Å²) in [6.45, 7) is 4.27. The van der Waals surface area contributed by atoms with E-state index in [4.69, 9.17) is 11.6 Å². The molecule has 2 aromatic carbocycles. The van der Waals surface area contributed by atoms with E-state index in [2.05, 4.69) is 36.0 Å². The van der Waals surface area contributed by atoms with Gasteiger partial charge in [0.25, 0.3) is 0 Å². The van der Waals surface area contributed by atoms with Gasteiger partial charge in [0.05, 0.1) is 23.7 Å². The van der Waals surface area contributed by atoms with Crippen LogP contribution >= 0.6 is 11.6 Å². The van der Waals surface area contributed by atoms with Gasteiger partial charge in [-0.3, -0.25) is 0 Å². The van der Waals surface area contributed by atoms with Crippen LogP contribution in [-0.4, -0.2) is 54.2 Å². The number of anilines is 1. The molecule has 7 nitrogen and oxygen atoms in total. The zero-order valence-electron chi connectivity index (χ0n) is 18.5. The maximum absolute atomic E-state index is 13.0. The average molecular weight is 480 g/mol. The molecule has 2 aromatic heterocycles. The molecule has 1 aliphatic heterocycles. The molecule has 0 radical (unpaired) electrons. The van der Waals surface area contributed by atoms with Crippen LogP contribution in [0.1, 0.15) is 10.4 Å². The normalized spacial score (nSPS) is 13.2. The van der Waals surface area contributed by atoms with Crippen LogP contribution in [0.3, 0.4) is 0 Å². The molecule has 174 valence electrons. The number of rotatable bonds is 3. The van der Waals surface area contributed by atoms with Crippen LogP contribution in [0, 0.1) is 5.82 Å². The number of carbonyl (C=O) groups is 1. The summed E-state index contributed by atoms with van der Waals surface area (Å²) < 4.78 is 17.7. The van der Waals surface area contributed by atoms with Crippen LogP contribution in [0.4, 0.5) is 10.2 Å². The van der Waals surface area contributed by atoms with Gasteiger partial charge in [-0.2, -0.15) is 0 Å². The molecule has 1 saturated heterocycles. The summed E-state index contributed by atoms with van der Waals surface area (Å²) in [4.78, 5) is 26.9. The molecule has 0 atom stereocenters. The second-order valence-electron chi connectivity index (χ2n) is 7.49. The first-order chi connectivity index (χ1) is 16.5. The quantitative estimate of drug-likeness (QED) is 0.437. The number of fused-ring (bicyclic) bond motifs is 1. The van der Waals surface area contributed by atoms with Crippen molar-refractivity contribution in [2.24, 2.45) is 0 Å². The van der Waals surface area contributed by atoms with Gasteiger partial charge in [0.15, 0.2) is 5.15 Å². The van der Waals surface area contributed by atoms with Crippen LogP contribution in [0.25, 0.3) is 22.3 Å². The molecule has 1 N–H and O–H groups in total. The van der Waals surface area contributed by atoms with Gasteiger partial charge in [-0.05, 0) is 54.6 Å². The minimum atomic E-state index is -0.456. The second kappa shape index (κ2) is 11.0. The lowest BCUT2D eigenvalue weighted by molar-refractivity contribution is 0.0601. The van der Waals surface area contributed by atoms with E-state index < -0.39 is 5.97 Å². The molecule has 5 rings (SSSR count). The first kappa shape index (κ1) is 23.5. The van der Waals surface area contributed by atoms with E-state index >= 15 is 0 Å². The van der Waals surface area contributed by atoms with Crippen molar-refractivity contribution in [1.82, 2.24) is 20.3 Å². The topological polar surface area (TPSA) is 80.2 Å². The Morgan fingerprint density at radius 3 is 2.47 bits per heavy atom. The lowest BCUT2D eigenvalue weighted by Crippen LogP contribution is -2.43. The third-order valence-corrected chi connectivity index (χ3v) is 5.51. The van der Waals surface area contributed by atoms with Crippen molar-refractivity contribution in [3.8, 4) is 11.3 Å². The number of esters is 1. The second-order valence-corrected chi connectivity index (χ2v) is 7.85. The molecule has 0 unspecified atom stereocenters. The number of nitrogens with one attached hydrogen (secondary N) is 1. The van der Waals surface area contributed by atoms with Gasteiger partial charge < -0.3 is 15.0 Å². The van der Waals surface area contributed by atoms with E-state index in [1.165, 1.54) is 19.2 Å². The predicted molar refractivity (Wildman–Crippen MR) is 131 cm³/mol. The Labute approximate surface area is 201 Å². The maximum Gasteiger partial charge on any atom is 0.337 e. The molecule has 0 bridgehead atoms. The van der Waals surface area contributed by atoms with Crippen molar-refractivity contribution in [3.05, 3.63) is 83.4 Å². The molecule has 9 heteroatoms. The number of hydrogen-bond donors (Lipinski definition) is 1. The Hall–Kier alpha value is -3.62. The molecule has 4 aromatic rings. The monoisotopic (exact) mass is 479 g/mol. The van der Waals surface area contributed by atoms with Crippen molar-refractivity contribution in [2.75, 3.05) is 38.2 Å². The predicted octanol–water partition coefficient (Wildman–Crippen LogP) is 4.37. The lowest BCUT2D eigenvalue weighted by Gasteiger charge is -2.28. The Bertz CT molecular complexity index is 1270. The van der Waals surface area contributed by atoms with Gasteiger partial charge in [0, 0.05) is 37.9 Å². The Balaban J connectivity index is 0.000000192. The summed E-state index contributed by atoms with van der Waals surface area (Å²) >= 11 is 6.15. The molecule has 0 saturated carbocycles. The first-order valence-corrected chi connectivity index (χ1v) is 11.1. The molecule has 34 heavy (non-hydrogen) atoms. The molecule has 0 aliphatic carbocycles.